The number of nitrogens with zero attached hydrogens (tertiary/aromatic N) is 1. The van der Waals surface area contributed by atoms with E-state index in [1.165, 1.54) is 18.4 Å². The number of hydrogen-bond donors (Lipinski definition) is 1. The van der Waals surface area contributed by atoms with Crippen LogP contribution in [0.3, 0.4) is 0 Å². The van der Waals surface area contributed by atoms with Crippen molar-refractivity contribution in [3.05, 3.63) is 27.8 Å². The molecule has 2 heterocycles. The van der Waals surface area contributed by atoms with Gasteiger partial charge in [-0.3, -0.25) is 4.98 Å². The van der Waals surface area contributed by atoms with E-state index in [1.807, 2.05) is 19.9 Å². The monoisotopic (exact) mass is 264 g/mol. The molecule has 5 heteroatoms. The fourth-order valence-electron chi connectivity index (χ4n) is 2.06. The topological polar surface area (TPSA) is 65.2 Å². The van der Waals surface area contributed by atoms with Crippen LogP contribution < -0.4 is 5.73 Å². The number of thiophene rings is 1. The number of aromatic nitrogens is 1. The molecule has 0 aliphatic heterocycles. The molecule has 0 atom stereocenters. The van der Waals surface area contributed by atoms with Crippen molar-refractivity contribution in [1.82, 2.24) is 4.98 Å². The third-order valence-electron chi connectivity index (χ3n) is 2.82. The summed E-state index contributed by atoms with van der Waals surface area (Å²) < 4.78 is 5.87. The summed E-state index contributed by atoms with van der Waals surface area (Å²) in [6, 6.07) is 2.02. The predicted octanol–water partition coefficient (Wildman–Crippen LogP) is 2.20. The number of hydrogen-bond acceptors (Lipinski definition) is 5. The van der Waals surface area contributed by atoms with Gasteiger partial charge in [0.15, 0.2) is 0 Å². The van der Waals surface area contributed by atoms with Gasteiger partial charge in [0.2, 0.25) is 0 Å². The van der Waals surface area contributed by atoms with Crippen LogP contribution in [-0.4, -0.2) is 24.6 Å². The van der Waals surface area contributed by atoms with E-state index in [4.69, 9.17) is 10.5 Å². The molecule has 0 spiro atoms. The SMILES string of the molecule is COC(=O)c1sc2c(C)cc(C)nc2c1CCN. The van der Waals surface area contributed by atoms with Crippen LogP contribution in [-0.2, 0) is 11.2 Å². The lowest BCUT2D eigenvalue weighted by atomic mass is 10.1. The average Bonchev–Trinajstić information content (AvgIpc) is 2.68. The Labute approximate surface area is 110 Å². The minimum Gasteiger partial charge on any atom is -0.465 e. The molecule has 0 unspecified atom stereocenters. The first-order valence-electron chi connectivity index (χ1n) is 5.76. The van der Waals surface area contributed by atoms with Gasteiger partial charge in [-0.05, 0) is 38.4 Å². The van der Waals surface area contributed by atoms with Crippen LogP contribution in [0.4, 0.5) is 0 Å². The lowest BCUT2D eigenvalue weighted by Crippen LogP contribution is -2.08. The molecule has 18 heavy (non-hydrogen) atoms. The molecule has 0 bridgehead atoms. The minimum absolute atomic E-state index is 0.307. The Kier molecular flexibility index (Phi) is 3.63. The van der Waals surface area contributed by atoms with Crippen molar-refractivity contribution < 1.29 is 9.53 Å². The molecule has 4 nitrogen and oxygen atoms in total. The van der Waals surface area contributed by atoms with E-state index in [1.54, 1.807) is 0 Å². The molecule has 0 saturated carbocycles. The van der Waals surface area contributed by atoms with Crippen molar-refractivity contribution >= 4 is 27.5 Å². The Morgan fingerprint density at radius 2 is 2.22 bits per heavy atom. The second kappa shape index (κ2) is 5.04. The molecule has 2 rings (SSSR count). The number of esters is 1. The molecule has 0 aliphatic rings. The van der Waals surface area contributed by atoms with E-state index in [2.05, 4.69) is 4.98 Å². The van der Waals surface area contributed by atoms with Crippen LogP contribution in [0, 0.1) is 13.8 Å². The number of carbonyl (C=O) groups excluding carboxylic acids is 1. The molecule has 0 radical (unpaired) electrons. The quantitative estimate of drug-likeness (QED) is 0.863. The van der Waals surface area contributed by atoms with E-state index >= 15 is 0 Å². The summed E-state index contributed by atoms with van der Waals surface area (Å²) in [7, 11) is 1.39. The van der Waals surface area contributed by atoms with Crippen LogP contribution in [0.25, 0.3) is 10.2 Å². The van der Waals surface area contributed by atoms with Crippen molar-refractivity contribution in [3.63, 3.8) is 0 Å². The van der Waals surface area contributed by atoms with Gasteiger partial charge < -0.3 is 10.5 Å². The largest absolute Gasteiger partial charge is 0.465 e. The zero-order chi connectivity index (χ0) is 13.3. The molecule has 2 aromatic rings. The van der Waals surface area contributed by atoms with Gasteiger partial charge in [-0.2, -0.15) is 0 Å². The average molecular weight is 264 g/mol. The number of carbonyl (C=O) groups is 1. The summed E-state index contributed by atoms with van der Waals surface area (Å²) in [6.07, 6.45) is 0.639. The Morgan fingerprint density at radius 3 is 2.83 bits per heavy atom. The second-order valence-corrected chi connectivity index (χ2v) is 5.22. The molecule has 0 amide bonds. The normalized spacial score (nSPS) is 10.9. The number of ether oxygens (including phenoxy) is 1. The van der Waals surface area contributed by atoms with Gasteiger partial charge in [0, 0.05) is 11.3 Å². The third-order valence-corrected chi connectivity index (χ3v) is 4.15. The summed E-state index contributed by atoms with van der Waals surface area (Å²) >= 11 is 1.44. The highest BCUT2D eigenvalue weighted by molar-refractivity contribution is 7.21. The highest BCUT2D eigenvalue weighted by atomic mass is 32.1. The number of nitrogens with two attached hydrogens (primary N) is 1. The Hall–Kier alpha value is -1.46. The lowest BCUT2D eigenvalue weighted by molar-refractivity contribution is 0.0605. The number of pyridine rings is 1. The number of rotatable bonds is 3. The van der Waals surface area contributed by atoms with E-state index in [0.29, 0.717) is 17.8 Å². The standard InChI is InChI=1S/C13H16N2O2S/c1-7-6-8(2)15-10-9(4-5-14)12(13(16)17-3)18-11(7)10/h6H,4-5,14H2,1-3H3. The maximum Gasteiger partial charge on any atom is 0.348 e. The molecule has 0 aromatic carbocycles. The van der Waals surface area contributed by atoms with E-state index in [9.17, 15) is 4.79 Å². The molecule has 0 fully saturated rings. The molecule has 2 aromatic heterocycles. The summed E-state index contributed by atoms with van der Waals surface area (Å²) in [5, 5.41) is 0. The molecular weight excluding hydrogens is 248 g/mol. The predicted molar refractivity (Wildman–Crippen MR) is 73.2 cm³/mol. The van der Waals surface area contributed by atoms with Crippen molar-refractivity contribution in [1.29, 1.82) is 0 Å². The molecule has 0 saturated heterocycles. The van der Waals surface area contributed by atoms with Crippen LogP contribution in [0.2, 0.25) is 0 Å². The lowest BCUT2D eigenvalue weighted by Gasteiger charge is -2.02. The zero-order valence-electron chi connectivity index (χ0n) is 10.7. The fourth-order valence-corrected chi connectivity index (χ4v) is 3.24. The van der Waals surface area contributed by atoms with Crippen LogP contribution in [0.5, 0.6) is 0 Å². The highest BCUT2D eigenvalue weighted by Gasteiger charge is 2.20. The summed E-state index contributed by atoms with van der Waals surface area (Å²) in [4.78, 5) is 17.0. The van der Waals surface area contributed by atoms with E-state index in [0.717, 1.165) is 27.0 Å². The number of aryl methyl sites for hydroxylation is 2. The number of methoxy groups -OCH3 is 1. The first kappa shape index (κ1) is 13.0. The molecule has 0 aliphatic carbocycles. The molecular formula is C13H16N2O2S. The minimum atomic E-state index is -0.307. The second-order valence-electron chi connectivity index (χ2n) is 4.20. The number of fused-ring (bicyclic) bond motifs is 1. The van der Waals surface area contributed by atoms with E-state index in [-0.39, 0.29) is 5.97 Å². The van der Waals surface area contributed by atoms with Crippen molar-refractivity contribution in [3.8, 4) is 0 Å². The van der Waals surface area contributed by atoms with Crippen molar-refractivity contribution in [2.24, 2.45) is 5.73 Å². The van der Waals surface area contributed by atoms with Crippen molar-refractivity contribution in [2.45, 2.75) is 20.3 Å². The molecule has 2 N–H and O–H groups in total. The van der Waals surface area contributed by atoms with Crippen LogP contribution in [0.1, 0.15) is 26.5 Å². The summed E-state index contributed by atoms with van der Waals surface area (Å²) in [5.74, 6) is -0.307. The van der Waals surface area contributed by atoms with Crippen LogP contribution >= 0.6 is 11.3 Å². The third kappa shape index (κ3) is 2.11. The van der Waals surface area contributed by atoms with Gasteiger partial charge in [0.1, 0.15) is 4.88 Å². The maximum atomic E-state index is 11.8. The smallest absolute Gasteiger partial charge is 0.348 e. The fraction of sp³-hybridized carbons (Fsp3) is 0.385. The highest BCUT2D eigenvalue weighted by Crippen LogP contribution is 2.33. The Bertz CT molecular complexity index is 605. The van der Waals surface area contributed by atoms with Gasteiger partial charge in [0.05, 0.1) is 17.3 Å². The maximum absolute atomic E-state index is 11.8. The van der Waals surface area contributed by atoms with Gasteiger partial charge in [-0.25, -0.2) is 4.79 Å². The first-order valence-corrected chi connectivity index (χ1v) is 6.58. The van der Waals surface area contributed by atoms with Crippen molar-refractivity contribution in [2.75, 3.05) is 13.7 Å². The summed E-state index contributed by atoms with van der Waals surface area (Å²) in [6.45, 7) is 4.47. The summed E-state index contributed by atoms with van der Waals surface area (Å²) in [5.41, 5.74) is 9.51. The zero-order valence-corrected chi connectivity index (χ0v) is 11.6. The van der Waals surface area contributed by atoms with Gasteiger partial charge >= 0.3 is 5.97 Å². The van der Waals surface area contributed by atoms with Gasteiger partial charge in [0.25, 0.3) is 0 Å². The first-order chi connectivity index (χ1) is 8.58. The van der Waals surface area contributed by atoms with Gasteiger partial charge in [-0.15, -0.1) is 11.3 Å². The van der Waals surface area contributed by atoms with E-state index < -0.39 is 0 Å². The molecule has 96 valence electrons. The van der Waals surface area contributed by atoms with Gasteiger partial charge in [-0.1, -0.05) is 0 Å². The Morgan fingerprint density at radius 1 is 1.50 bits per heavy atom. The Balaban J connectivity index is 2.75. The van der Waals surface area contributed by atoms with Crippen LogP contribution in [0.15, 0.2) is 6.07 Å².